The second-order valence-corrected chi connectivity index (χ2v) is 5.15. The van der Waals surface area contributed by atoms with Gasteiger partial charge in [0.25, 0.3) is 5.56 Å². The number of ether oxygens (including phenoxy) is 1. The number of anilines is 2. The summed E-state index contributed by atoms with van der Waals surface area (Å²) >= 11 is 0. The first-order valence-corrected chi connectivity index (χ1v) is 6.76. The number of benzene rings is 1. The number of nitrogen functional groups attached to an aromatic ring is 1. The van der Waals surface area contributed by atoms with Crippen LogP contribution in [0.1, 0.15) is 19.3 Å². The van der Waals surface area contributed by atoms with Gasteiger partial charge in [0.2, 0.25) is 5.95 Å². The number of nitrogens with two attached hydrogens (primary N) is 1. The molecular formula is C14H18N4O2. The standard InChI is InChI=1S/C14H18N4O2/c1-20-12-4-2-3-11(12)17-14-16-10-6-5-8(15)7-9(10)13(19)18-14/h5-7,11-12H,2-4,15H2,1H3,(H2,16,17,18,19). The molecule has 1 heterocycles. The number of hydrogen-bond donors (Lipinski definition) is 3. The van der Waals surface area contributed by atoms with Gasteiger partial charge in [0, 0.05) is 12.8 Å². The molecule has 0 radical (unpaired) electrons. The lowest BCUT2D eigenvalue weighted by molar-refractivity contribution is 0.101. The largest absolute Gasteiger partial charge is 0.399 e. The fourth-order valence-electron chi connectivity index (χ4n) is 2.77. The van der Waals surface area contributed by atoms with Crippen molar-refractivity contribution in [3.05, 3.63) is 28.6 Å². The number of nitrogens with one attached hydrogen (secondary N) is 2. The monoisotopic (exact) mass is 274 g/mol. The Hall–Kier alpha value is -2.08. The first-order chi connectivity index (χ1) is 9.67. The van der Waals surface area contributed by atoms with Crippen molar-refractivity contribution < 1.29 is 4.74 Å². The minimum atomic E-state index is -0.184. The average Bonchev–Trinajstić information content (AvgIpc) is 2.87. The van der Waals surface area contributed by atoms with Gasteiger partial charge < -0.3 is 15.8 Å². The lowest BCUT2D eigenvalue weighted by Crippen LogP contribution is -2.31. The predicted molar refractivity (Wildman–Crippen MR) is 78.8 cm³/mol. The van der Waals surface area contributed by atoms with Gasteiger partial charge in [-0.1, -0.05) is 0 Å². The van der Waals surface area contributed by atoms with E-state index in [-0.39, 0.29) is 17.7 Å². The van der Waals surface area contributed by atoms with E-state index in [9.17, 15) is 4.79 Å². The molecule has 0 amide bonds. The number of nitrogens with zero attached hydrogens (tertiary/aromatic N) is 1. The fraction of sp³-hybridized carbons (Fsp3) is 0.429. The molecule has 6 heteroatoms. The van der Waals surface area contributed by atoms with Crippen LogP contribution in [-0.2, 0) is 4.74 Å². The molecule has 1 aliphatic rings. The summed E-state index contributed by atoms with van der Waals surface area (Å²) in [7, 11) is 1.71. The van der Waals surface area contributed by atoms with E-state index in [0.717, 1.165) is 19.3 Å². The van der Waals surface area contributed by atoms with E-state index in [1.165, 1.54) is 0 Å². The summed E-state index contributed by atoms with van der Waals surface area (Å²) < 4.78 is 5.43. The quantitative estimate of drug-likeness (QED) is 0.737. The van der Waals surface area contributed by atoms with Crippen LogP contribution in [0.5, 0.6) is 0 Å². The second kappa shape index (κ2) is 5.13. The van der Waals surface area contributed by atoms with E-state index in [4.69, 9.17) is 10.5 Å². The number of fused-ring (bicyclic) bond motifs is 1. The third-order valence-electron chi connectivity index (χ3n) is 3.81. The number of aromatic nitrogens is 2. The first-order valence-electron chi connectivity index (χ1n) is 6.76. The molecule has 20 heavy (non-hydrogen) atoms. The number of methoxy groups -OCH3 is 1. The van der Waals surface area contributed by atoms with Gasteiger partial charge in [0.1, 0.15) is 0 Å². The highest BCUT2D eigenvalue weighted by Gasteiger charge is 2.27. The van der Waals surface area contributed by atoms with Crippen LogP contribution >= 0.6 is 0 Å². The topological polar surface area (TPSA) is 93.0 Å². The summed E-state index contributed by atoms with van der Waals surface area (Å²) in [5.74, 6) is 0.487. The van der Waals surface area contributed by atoms with Crippen LogP contribution in [0.4, 0.5) is 11.6 Å². The summed E-state index contributed by atoms with van der Waals surface area (Å²) in [6.07, 6.45) is 3.33. The molecule has 1 aromatic heterocycles. The third kappa shape index (κ3) is 2.34. The van der Waals surface area contributed by atoms with Crippen LogP contribution in [-0.4, -0.2) is 29.2 Å². The molecule has 0 bridgehead atoms. The van der Waals surface area contributed by atoms with Gasteiger partial charge in [0.15, 0.2) is 0 Å². The van der Waals surface area contributed by atoms with Crippen molar-refractivity contribution in [1.82, 2.24) is 9.97 Å². The smallest absolute Gasteiger partial charge is 0.260 e. The number of aromatic amines is 1. The van der Waals surface area contributed by atoms with Crippen LogP contribution in [0.2, 0.25) is 0 Å². The Kier molecular flexibility index (Phi) is 3.31. The molecule has 0 aliphatic heterocycles. The highest BCUT2D eigenvalue weighted by molar-refractivity contribution is 5.81. The summed E-state index contributed by atoms with van der Waals surface area (Å²) in [5.41, 5.74) is 6.70. The summed E-state index contributed by atoms with van der Waals surface area (Å²) in [4.78, 5) is 19.2. The molecule has 3 rings (SSSR count). The molecule has 2 atom stereocenters. The van der Waals surface area contributed by atoms with E-state index in [1.807, 2.05) is 0 Å². The van der Waals surface area contributed by atoms with Crippen LogP contribution in [0, 0.1) is 0 Å². The summed E-state index contributed by atoms with van der Waals surface area (Å²) in [5, 5.41) is 3.77. The molecule has 2 aromatic rings. The molecule has 0 saturated heterocycles. The van der Waals surface area contributed by atoms with Crippen molar-refractivity contribution >= 4 is 22.5 Å². The average molecular weight is 274 g/mol. The van der Waals surface area contributed by atoms with Gasteiger partial charge in [-0.2, -0.15) is 0 Å². The molecule has 4 N–H and O–H groups in total. The molecule has 1 saturated carbocycles. The number of hydrogen-bond acceptors (Lipinski definition) is 5. The van der Waals surface area contributed by atoms with Gasteiger partial charge in [-0.05, 0) is 37.5 Å². The third-order valence-corrected chi connectivity index (χ3v) is 3.81. The van der Waals surface area contributed by atoms with E-state index >= 15 is 0 Å². The number of rotatable bonds is 3. The SMILES string of the molecule is COC1CCCC1Nc1nc2ccc(N)cc2c(=O)[nH]1. The molecule has 2 unspecified atom stereocenters. The van der Waals surface area contributed by atoms with E-state index in [1.54, 1.807) is 25.3 Å². The first kappa shape index (κ1) is 12.9. The van der Waals surface area contributed by atoms with Gasteiger partial charge in [-0.25, -0.2) is 4.98 Å². The number of H-pyrrole nitrogens is 1. The molecular weight excluding hydrogens is 256 g/mol. The van der Waals surface area contributed by atoms with E-state index in [0.29, 0.717) is 22.5 Å². The van der Waals surface area contributed by atoms with Crippen LogP contribution < -0.4 is 16.6 Å². The Labute approximate surface area is 116 Å². The maximum atomic E-state index is 12.1. The predicted octanol–water partition coefficient (Wildman–Crippen LogP) is 1.48. The Bertz CT molecular complexity index is 682. The molecule has 0 spiro atoms. The zero-order valence-electron chi connectivity index (χ0n) is 11.3. The van der Waals surface area contributed by atoms with Gasteiger partial charge in [0.05, 0.1) is 23.0 Å². The van der Waals surface area contributed by atoms with Crippen LogP contribution in [0.3, 0.4) is 0 Å². The maximum absolute atomic E-state index is 12.1. The highest BCUT2D eigenvalue weighted by Crippen LogP contribution is 2.24. The Morgan fingerprint density at radius 1 is 1.45 bits per heavy atom. The Balaban J connectivity index is 1.93. The van der Waals surface area contributed by atoms with Gasteiger partial charge in [-0.15, -0.1) is 0 Å². The van der Waals surface area contributed by atoms with Crippen molar-refractivity contribution in [2.24, 2.45) is 0 Å². The second-order valence-electron chi connectivity index (χ2n) is 5.15. The lowest BCUT2D eigenvalue weighted by Gasteiger charge is -2.19. The van der Waals surface area contributed by atoms with Crippen LogP contribution in [0.15, 0.2) is 23.0 Å². The van der Waals surface area contributed by atoms with E-state index < -0.39 is 0 Å². The Morgan fingerprint density at radius 2 is 2.30 bits per heavy atom. The minimum Gasteiger partial charge on any atom is -0.399 e. The molecule has 106 valence electrons. The lowest BCUT2D eigenvalue weighted by atomic mass is 10.2. The Morgan fingerprint density at radius 3 is 3.10 bits per heavy atom. The van der Waals surface area contributed by atoms with Crippen molar-refractivity contribution in [3.8, 4) is 0 Å². The van der Waals surface area contributed by atoms with Crippen molar-refractivity contribution in [3.63, 3.8) is 0 Å². The minimum absolute atomic E-state index is 0.169. The molecule has 6 nitrogen and oxygen atoms in total. The normalized spacial score (nSPS) is 22.2. The van der Waals surface area contributed by atoms with Crippen molar-refractivity contribution in [2.75, 3.05) is 18.2 Å². The van der Waals surface area contributed by atoms with Crippen molar-refractivity contribution in [1.29, 1.82) is 0 Å². The maximum Gasteiger partial charge on any atom is 0.260 e. The van der Waals surface area contributed by atoms with Crippen molar-refractivity contribution in [2.45, 2.75) is 31.4 Å². The fourth-order valence-corrected chi connectivity index (χ4v) is 2.77. The summed E-state index contributed by atoms with van der Waals surface area (Å²) in [6, 6.07) is 5.33. The van der Waals surface area contributed by atoms with E-state index in [2.05, 4.69) is 15.3 Å². The zero-order valence-corrected chi connectivity index (χ0v) is 11.3. The van der Waals surface area contributed by atoms with Gasteiger partial charge in [-0.3, -0.25) is 9.78 Å². The molecule has 1 aromatic carbocycles. The van der Waals surface area contributed by atoms with Gasteiger partial charge >= 0.3 is 0 Å². The summed E-state index contributed by atoms with van der Waals surface area (Å²) in [6.45, 7) is 0. The molecule has 1 fully saturated rings. The highest BCUT2D eigenvalue weighted by atomic mass is 16.5. The van der Waals surface area contributed by atoms with Crippen LogP contribution in [0.25, 0.3) is 10.9 Å². The molecule has 1 aliphatic carbocycles. The zero-order chi connectivity index (χ0) is 14.1.